The van der Waals surface area contributed by atoms with Gasteiger partial charge in [-0.1, -0.05) is 88.3 Å². The van der Waals surface area contributed by atoms with E-state index >= 15 is 0 Å². The third-order valence-electron chi connectivity index (χ3n) is 18.8. The smallest absolute Gasteiger partial charge is 0.410 e. The van der Waals surface area contributed by atoms with Crippen LogP contribution in [0.4, 0.5) is 21.4 Å². The minimum Gasteiger partial charge on any atom is -0.476 e. The lowest BCUT2D eigenvalue weighted by Crippen LogP contribution is -2.64. The Hall–Kier alpha value is -7.55. The summed E-state index contributed by atoms with van der Waals surface area (Å²) in [5, 5.41) is 30.8. The number of para-hydroxylation sites is 1. The fourth-order valence-corrected chi connectivity index (χ4v) is 17.0. The molecular weight excluding hydrogens is 1260 g/mol. The van der Waals surface area contributed by atoms with E-state index < -0.39 is 51.5 Å². The quantitative estimate of drug-likeness (QED) is 0.0125. The molecule has 3 aromatic heterocycles. The largest absolute Gasteiger partial charge is 0.476 e. The van der Waals surface area contributed by atoms with E-state index in [1.165, 1.54) is 16.2 Å². The molecule has 94 heavy (non-hydrogen) atoms. The number of pyridine rings is 1. The van der Waals surface area contributed by atoms with Gasteiger partial charge >= 0.3 is 12.1 Å². The van der Waals surface area contributed by atoms with Crippen molar-refractivity contribution in [2.75, 3.05) is 66.5 Å². The number of unbranched alkanes of at least 4 members (excludes halogenated alkanes) is 3. The average molecular weight is 1350 g/mol. The zero-order valence-electron chi connectivity index (χ0n) is 54.2. The van der Waals surface area contributed by atoms with Gasteiger partial charge in [-0.25, -0.2) is 19.6 Å². The molecule has 504 valence electrons. The highest BCUT2D eigenvalue weighted by Crippen LogP contribution is 2.72. The Morgan fingerprint density at radius 2 is 1.55 bits per heavy atom. The van der Waals surface area contributed by atoms with Gasteiger partial charge in [-0.15, -0.1) is 11.6 Å². The van der Waals surface area contributed by atoms with E-state index in [2.05, 4.69) is 45.4 Å². The van der Waals surface area contributed by atoms with E-state index in [-0.39, 0.29) is 77.8 Å². The molecule has 4 atom stereocenters. The molecule has 2 unspecified atom stereocenters. The number of carbonyl (C=O) groups excluding carboxylic acids is 5. The first-order chi connectivity index (χ1) is 44.7. The molecule has 1 aliphatic heterocycles. The highest BCUT2D eigenvalue weighted by atomic mass is 35.5. The second-order valence-electron chi connectivity index (χ2n) is 27.3. The van der Waals surface area contributed by atoms with Crippen LogP contribution in [-0.4, -0.2) is 147 Å². The molecule has 0 saturated heterocycles. The van der Waals surface area contributed by atoms with Gasteiger partial charge in [-0.2, -0.15) is 13.5 Å². The van der Waals surface area contributed by atoms with Gasteiger partial charge in [0.25, 0.3) is 16.0 Å². The molecule has 0 radical (unpaired) electrons. The van der Waals surface area contributed by atoms with Crippen molar-refractivity contribution < 1.29 is 56.3 Å². The molecule has 7 N–H and O–H groups in total. The normalized spacial score (nSPS) is 21.1. The Morgan fingerprint density at radius 3 is 2.26 bits per heavy atom. The predicted molar refractivity (Wildman–Crippen MR) is 361 cm³/mol. The van der Waals surface area contributed by atoms with Crippen LogP contribution in [0.25, 0.3) is 21.3 Å². The maximum absolute atomic E-state index is 13.8. The van der Waals surface area contributed by atoms with E-state index in [1.807, 2.05) is 72.8 Å². The van der Waals surface area contributed by atoms with Gasteiger partial charge in [0.2, 0.25) is 17.7 Å². The van der Waals surface area contributed by atoms with Crippen LogP contribution in [-0.2, 0) is 60.1 Å². The van der Waals surface area contributed by atoms with Gasteiger partial charge < -0.3 is 45.6 Å². The van der Waals surface area contributed by atoms with Crippen molar-refractivity contribution in [2.24, 2.45) is 22.2 Å². The number of fused-ring (bicyclic) bond motifs is 2. The Morgan fingerprint density at radius 1 is 0.819 bits per heavy atom. The van der Waals surface area contributed by atoms with Gasteiger partial charge in [-0.3, -0.25) is 33.7 Å². The number of amides is 5. The number of anilines is 3. The van der Waals surface area contributed by atoms with Crippen LogP contribution >= 0.6 is 22.9 Å². The molecular formula is C68H86ClN11O12S2. The van der Waals surface area contributed by atoms with Crippen molar-refractivity contribution in [1.82, 2.24) is 40.6 Å². The lowest BCUT2D eigenvalue weighted by molar-refractivity contribution is -0.248. The maximum atomic E-state index is 13.8. The van der Waals surface area contributed by atoms with E-state index in [4.69, 9.17) is 31.2 Å². The van der Waals surface area contributed by atoms with E-state index in [0.717, 1.165) is 84.8 Å². The third kappa shape index (κ3) is 16.9. The number of benzene rings is 3. The van der Waals surface area contributed by atoms with Crippen molar-refractivity contribution in [3.05, 3.63) is 119 Å². The third-order valence-corrected chi connectivity index (χ3v) is 20.7. The summed E-state index contributed by atoms with van der Waals surface area (Å²) in [7, 11) is -4.46. The Kier molecular flexibility index (Phi) is 21.5. The number of carbonyl (C=O) groups is 6. The summed E-state index contributed by atoms with van der Waals surface area (Å²) in [6.07, 6.45) is 10.2. The molecule has 4 aliphatic carbocycles. The lowest BCUT2D eigenvalue weighted by atomic mass is 9.39. The van der Waals surface area contributed by atoms with Crippen LogP contribution in [0.2, 0.25) is 0 Å². The highest BCUT2D eigenvalue weighted by molar-refractivity contribution is 7.85. The summed E-state index contributed by atoms with van der Waals surface area (Å²) in [4.78, 5) is 91.2. The van der Waals surface area contributed by atoms with Gasteiger partial charge in [0, 0.05) is 67.3 Å². The standard InChI is InChI=1S/C68H86ClN11O12S2/c1-43(2)57(71-26-12-8-7-11-25-70-56(81)32-69)61(84)73-44(3)59(82)74-48-20-18-46(19-21-48)35-91-64(87)78(29-31-94(88,89)90)28-30-92-68-39-65(5)36-66(6,40-68)38-67(37-65,41-68)42-80-45(4)51(33-72-80)49-22-23-55(76-58(49)62(85)86)79-27-24-47-14-13-15-50(52(47)34-79)60(83)77-63-75-53-16-9-10-17-54(53)93-63/h9-10,13-23,33,43-44,57,71H,7-8,11-12,24-32,34-42H2,1-6H3,(H,70,81)(H,73,84)(H,74,82)(H,85,86)(H,75,77,83)(H,88,89,90)/t44-,57-,65?,66?,67?,68?/m0/s1. The fraction of sp³-hybridized carbons (Fsp3) is 0.515. The molecule has 4 saturated carbocycles. The Bertz CT molecular complexity index is 3850. The van der Waals surface area contributed by atoms with Crippen LogP contribution in [0.3, 0.4) is 0 Å². The zero-order chi connectivity index (χ0) is 67.2. The number of carboxylic acids is 1. The van der Waals surface area contributed by atoms with Crippen LogP contribution in [0.15, 0.2) is 85.1 Å². The summed E-state index contributed by atoms with van der Waals surface area (Å²) in [5.74, 6) is -2.69. The summed E-state index contributed by atoms with van der Waals surface area (Å²) < 4.78 is 49.5. The molecule has 5 aliphatic rings. The SMILES string of the molecule is Cc1c(-c2ccc(N3CCc4cccc(C(=O)Nc5nc6ccccc6s5)c4C3)nc2C(=O)O)cnn1CC12CC3(C)CC(C)(C1)CC(OCCN(CCS(=O)(=O)O)C(=O)OCc1ccc(NC(=O)[C@H](C)NC(=O)[C@@H](NCCCCCCNC(=O)CCl)C(C)C)cc1)(C3)C2. The molecule has 26 heteroatoms. The van der Waals surface area contributed by atoms with Crippen LogP contribution in [0, 0.1) is 29.1 Å². The Labute approximate surface area is 557 Å². The number of rotatable bonds is 30. The summed E-state index contributed by atoms with van der Waals surface area (Å²) in [5.41, 5.74) is 5.04. The van der Waals surface area contributed by atoms with Gasteiger partial charge in [0.05, 0.1) is 40.4 Å². The topological polar surface area (TPSA) is 306 Å². The van der Waals surface area contributed by atoms with E-state index in [9.17, 15) is 46.8 Å². The fourth-order valence-electron chi connectivity index (χ4n) is 15.6. The van der Waals surface area contributed by atoms with E-state index in [1.54, 1.807) is 49.5 Å². The molecule has 4 bridgehead atoms. The predicted octanol–water partition coefficient (Wildman–Crippen LogP) is 10.0. The molecule has 23 nitrogen and oxygen atoms in total. The van der Waals surface area contributed by atoms with Crippen LogP contribution < -0.4 is 31.5 Å². The number of aromatic carboxylic acids is 1. The number of halogens is 1. The van der Waals surface area contributed by atoms with Crippen molar-refractivity contribution in [1.29, 1.82) is 0 Å². The van der Waals surface area contributed by atoms with Gasteiger partial charge in [0.15, 0.2) is 10.8 Å². The number of aromatic nitrogens is 4. The van der Waals surface area contributed by atoms with Gasteiger partial charge in [0.1, 0.15) is 24.3 Å². The highest BCUT2D eigenvalue weighted by Gasteiger charge is 2.66. The number of ether oxygens (including phenoxy) is 2. The molecule has 4 heterocycles. The second kappa shape index (κ2) is 29.2. The van der Waals surface area contributed by atoms with Gasteiger partial charge in [-0.05, 0) is 159 Å². The van der Waals surface area contributed by atoms with Crippen LogP contribution in [0.1, 0.15) is 142 Å². The van der Waals surface area contributed by atoms with E-state index in [0.29, 0.717) is 84.5 Å². The number of alkyl halides is 1. The molecule has 6 aromatic rings. The van der Waals surface area contributed by atoms with Crippen LogP contribution in [0.5, 0.6) is 0 Å². The number of thiazole rings is 1. The molecule has 4 fully saturated rings. The Balaban J connectivity index is 0.737. The first-order valence-electron chi connectivity index (χ1n) is 32.3. The minimum absolute atomic E-state index is 0.0152. The average Bonchev–Trinajstić information content (AvgIpc) is 0.778. The maximum Gasteiger partial charge on any atom is 0.410 e. The minimum atomic E-state index is -4.46. The summed E-state index contributed by atoms with van der Waals surface area (Å²) in [6.45, 7) is 14.2. The lowest BCUT2D eigenvalue weighted by Gasteiger charge is -2.69. The first-order valence-corrected chi connectivity index (χ1v) is 35.3. The second-order valence-corrected chi connectivity index (χ2v) is 30.1. The molecule has 0 spiro atoms. The number of hydrogen-bond donors (Lipinski definition) is 7. The monoisotopic (exact) mass is 1350 g/mol. The zero-order valence-corrected chi connectivity index (χ0v) is 56.6. The number of carboxylic acid groups (broad SMARTS) is 1. The van der Waals surface area contributed by atoms with Crippen molar-refractivity contribution in [3.8, 4) is 11.1 Å². The van der Waals surface area contributed by atoms with Crippen molar-refractivity contribution in [3.63, 3.8) is 0 Å². The summed E-state index contributed by atoms with van der Waals surface area (Å²) in [6, 6.07) is 22.3. The molecule has 11 rings (SSSR count). The molecule has 5 amide bonds. The van der Waals surface area contributed by atoms with Crippen molar-refractivity contribution >= 4 is 95.6 Å². The first kappa shape index (κ1) is 69.3. The number of hydrogen-bond acceptors (Lipinski definition) is 16. The van der Waals surface area contributed by atoms with Crippen molar-refractivity contribution in [2.45, 2.75) is 150 Å². The number of nitrogens with one attached hydrogen (secondary N) is 5. The number of nitrogens with zero attached hydrogens (tertiary/aromatic N) is 6. The summed E-state index contributed by atoms with van der Waals surface area (Å²) >= 11 is 6.93. The molecule has 3 aromatic carbocycles.